The number of isocyanates is 1. The van der Waals surface area contributed by atoms with Gasteiger partial charge in [-0.3, -0.25) is 0 Å². The molecule has 1 aliphatic rings. The molecule has 1 fully saturated rings. The van der Waals surface area contributed by atoms with Gasteiger partial charge in [-0.15, -0.1) is 0 Å². The molecule has 2 rings (SSSR count). The summed E-state index contributed by atoms with van der Waals surface area (Å²) < 4.78 is 15.9. The Morgan fingerprint density at radius 2 is 1.85 bits per heavy atom. The van der Waals surface area contributed by atoms with Gasteiger partial charge in [0.1, 0.15) is 16.3 Å². The summed E-state index contributed by atoms with van der Waals surface area (Å²) in [5.74, 6) is 1.35. The summed E-state index contributed by atoms with van der Waals surface area (Å²) in [6.07, 6.45) is 4.15. The molecule has 0 heterocycles. The minimum Gasteiger partial charge on any atom is -0.495 e. The largest absolute Gasteiger partial charge is 0.495 e. The van der Waals surface area contributed by atoms with Crippen LogP contribution >= 0.6 is 11.6 Å². The SMILES string of the molecule is COc1cc(C2(N=C=O)CCC2)c(OC)c(Cl)c1OC. The summed E-state index contributed by atoms with van der Waals surface area (Å²) in [7, 11) is 4.56. The van der Waals surface area contributed by atoms with Gasteiger partial charge in [0.25, 0.3) is 0 Å². The zero-order chi connectivity index (χ0) is 14.8. The number of benzene rings is 1. The average molecular weight is 298 g/mol. The van der Waals surface area contributed by atoms with Gasteiger partial charge in [-0.25, -0.2) is 4.79 Å². The van der Waals surface area contributed by atoms with Crippen LogP contribution in [0.4, 0.5) is 0 Å². The summed E-state index contributed by atoms with van der Waals surface area (Å²) in [5.41, 5.74) is 0.119. The van der Waals surface area contributed by atoms with Crippen molar-refractivity contribution >= 4 is 17.7 Å². The van der Waals surface area contributed by atoms with E-state index in [2.05, 4.69) is 4.99 Å². The quantitative estimate of drug-likeness (QED) is 0.619. The fourth-order valence-corrected chi connectivity index (χ4v) is 2.87. The Morgan fingerprint density at radius 3 is 2.25 bits per heavy atom. The second-order valence-corrected chi connectivity index (χ2v) is 4.97. The molecule has 0 aromatic heterocycles. The summed E-state index contributed by atoms with van der Waals surface area (Å²) in [6, 6.07) is 1.77. The number of ether oxygens (including phenoxy) is 3. The van der Waals surface area contributed by atoms with E-state index in [1.807, 2.05) is 0 Å². The molecule has 108 valence electrons. The number of aliphatic imine (C=N–C) groups is 1. The van der Waals surface area contributed by atoms with Crippen molar-refractivity contribution in [3.8, 4) is 17.2 Å². The second-order valence-electron chi connectivity index (χ2n) is 4.60. The van der Waals surface area contributed by atoms with Gasteiger partial charge in [0.2, 0.25) is 6.08 Å². The molecular formula is C14H16ClNO4. The third kappa shape index (κ3) is 2.13. The number of hydrogen-bond acceptors (Lipinski definition) is 5. The van der Waals surface area contributed by atoms with Crippen molar-refractivity contribution in [3.05, 3.63) is 16.7 Å². The highest BCUT2D eigenvalue weighted by Gasteiger charge is 2.42. The minimum atomic E-state index is -0.615. The van der Waals surface area contributed by atoms with Crippen molar-refractivity contribution in [1.29, 1.82) is 0 Å². The molecule has 0 atom stereocenters. The van der Waals surface area contributed by atoms with Crippen LogP contribution < -0.4 is 14.2 Å². The summed E-state index contributed by atoms with van der Waals surface area (Å²) in [5, 5.41) is 0.316. The van der Waals surface area contributed by atoms with E-state index >= 15 is 0 Å². The molecule has 0 saturated heterocycles. The lowest BCUT2D eigenvalue weighted by atomic mass is 9.72. The Balaban J connectivity index is 2.69. The lowest BCUT2D eigenvalue weighted by Gasteiger charge is -2.38. The fraction of sp³-hybridized carbons (Fsp3) is 0.500. The Bertz CT molecular complexity index is 563. The van der Waals surface area contributed by atoms with Crippen LogP contribution in [0.15, 0.2) is 11.1 Å². The maximum Gasteiger partial charge on any atom is 0.235 e. The summed E-state index contributed by atoms with van der Waals surface area (Å²) in [4.78, 5) is 14.7. The van der Waals surface area contributed by atoms with Crippen molar-refractivity contribution in [2.45, 2.75) is 24.8 Å². The van der Waals surface area contributed by atoms with Gasteiger partial charge in [0.15, 0.2) is 11.5 Å². The van der Waals surface area contributed by atoms with Crippen molar-refractivity contribution in [1.82, 2.24) is 0 Å². The molecule has 1 aliphatic carbocycles. The Hall–Kier alpha value is -1.71. The number of nitrogens with zero attached hydrogens (tertiary/aromatic N) is 1. The molecule has 1 aromatic carbocycles. The van der Waals surface area contributed by atoms with Crippen LogP contribution in [-0.2, 0) is 10.3 Å². The van der Waals surface area contributed by atoms with E-state index in [4.69, 9.17) is 25.8 Å². The Labute approximate surface area is 122 Å². The van der Waals surface area contributed by atoms with E-state index in [1.54, 1.807) is 12.1 Å². The predicted octanol–water partition coefficient (Wildman–Crippen LogP) is 3.08. The molecule has 6 heteroatoms. The molecule has 0 radical (unpaired) electrons. The van der Waals surface area contributed by atoms with E-state index in [9.17, 15) is 4.79 Å². The lowest BCUT2D eigenvalue weighted by molar-refractivity contribution is 0.244. The first kappa shape index (κ1) is 14.7. The van der Waals surface area contributed by atoms with E-state index < -0.39 is 5.54 Å². The van der Waals surface area contributed by atoms with Crippen LogP contribution in [0.5, 0.6) is 17.2 Å². The van der Waals surface area contributed by atoms with E-state index in [-0.39, 0.29) is 0 Å². The predicted molar refractivity (Wildman–Crippen MR) is 74.8 cm³/mol. The topological polar surface area (TPSA) is 57.1 Å². The molecule has 20 heavy (non-hydrogen) atoms. The fourth-order valence-electron chi connectivity index (χ4n) is 2.52. The van der Waals surface area contributed by atoms with E-state index in [0.29, 0.717) is 22.3 Å². The maximum atomic E-state index is 10.7. The standard InChI is InChI=1S/C14H16ClNO4/c1-18-10-7-9(14(16-8-17)5-4-6-14)12(19-2)11(15)13(10)20-3/h7H,4-6H2,1-3H3. The molecule has 5 nitrogen and oxygen atoms in total. The van der Waals surface area contributed by atoms with Crippen LogP contribution in [0.1, 0.15) is 24.8 Å². The van der Waals surface area contributed by atoms with Gasteiger partial charge in [0, 0.05) is 5.56 Å². The van der Waals surface area contributed by atoms with E-state index in [0.717, 1.165) is 24.8 Å². The van der Waals surface area contributed by atoms with Crippen LogP contribution in [0, 0.1) is 0 Å². The number of rotatable bonds is 5. The molecule has 0 bridgehead atoms. The zero-order valence-electron chi connectivity index (χ0n) is 11.7. The first-order chi connectivity index (χ1) is 9.63. The molecule has 1 aromatic rings. The first-order valence-corrected chi connectivity index (χ1v) is 6.59. The Kier molecular flexibility index (Phi) is 4.21. The molecule has 0 spiro atoms. The molecule has 0 amide bonds. The third-order valence-electron chi connectivity index (χ3n) is 3.71. The molecule has 0 N–H and O–H groups in total. The van der Waals surface area contributed by atoms with Crippen molar-refractivity contribution in [3.63, 3.8) is 0 Å². The van der Waals surface area contributed by atoms with Gasteiger partial charge < -0.3 is 14.2 Å². The first-order valence-electron chi connectivity index (χ1n) is 6.21. The summed E-state index contributed by atoms with van der Waals surface area (Å²) in [6.45, 7) is 0. The molecule has 1 saturated carbocycles. The molecule has 0 aliphatic heterocycles. The van der Waals surface area contributed by atoms with Gasteiger partial charge >= 0.3 is 0 Å². The van der Waals surface area contributed by atoms with Crippen molar-refractivity contribution in [2.75, 3.05) is 21.3 Å². The number of halogens is 1. The highest BCUT2D eigenvalue weighted by Crippen LogP contribution is 2.54. The van der Waals surface area contributed by atoms with Gasteiger partial charge in [0.05, 0.1) is 21.3 Å². The van der Waals surface area contributed by atoms with Crippen molar-refractivity contribution in [2.24, 2.45) is 4.99 Å². The van der Waals surface area contributed by atoms with Gasteiger partial charge in [-0.05, 0) is 25.3 Å². The normalized spacial score (nSPS) is 15.8. The highest BCUT2D eigenvalue weighted by molar-refractivity contribution is 6.34. The highest BCUT2D eigenvalue weighted by atomic mass is 35.5. The molecule has 0 unspecified atom stereocenters. The second kappa shape index (κ2) is 5.73. The maximum absolute atomic E-state index is 10.7. The smallest absolute Gasteiger partial charge is 0.235 e. The van der Waals surface area contributed by atoms with Crippen LogP contribution in [0.2, 0.25) is 5.02 Å². The Morgan fingerprint density at radius 1 is 1.20 bits per heavy atom. The van der Waals surface area contributed by atoms with Crippen LogP contribution in [0.25, 0.3) is 0 Å². The summed E-state index contributed by atoms with van der Waals surface area (Å²) >= 11 is 6.32. The zero-order valence-corrected chi connectivity index (χ0v) is 12.4. The monoisotopic (exact) mass is 297 g/mol. The van der Waals surface area contributed by atoms with Gasteiger partial charge in [-0.2, -0.15) is 4.99 Å². The third-order valence-corrected chi connectivity index (χ3v) is 4.06. The lowest BCUT2D eigenvalue weighted by Crippen LogP contribution is -2.32. The number of carbonyl (C=O) groups excluding carboxylic acids is 1. The number of hydrogen-bond donors (Lipinski definition) is 0. The minimum absolute atomic E-state index is 0.316. The van der Waals surface area contributed by atoms with Crippen molar-refractivity contribution < 1.29 is 19.0 Å². The van der Waals surface area contributed by atoms with E-state index in [1.165, 1.54) is 21.3 Å². The average Bonchev–Trinajstić information content (AvgIpc) is 2.41. The van der Waals surface area contributed by atoms with Gasteiger partial charge in [-0.1, -0.05) is 11.6 Å². The van der Waals surface area contributed by atoms with Crippen LogP contribution in [-0.4, -0.2) is 27.4 Å². The molecular weight excluding hydrogens is 282 g/mol. The van der Waals surface area contributed by atoms with Crippen LogP contribution in [0.3, 0.4) is 0 Å². The number of methoxy groups -OCH3 is 3.